The predicted molar refractivity (Wildman–Crippen MR) is 183 cm³/mol. The van der Waals surface area contributed by atoms with Gasteiger partial charge in [0.25, 0.3) is 11.8 Å². The zero-order valence-electron chi connectivity index (χ0n) is 26.8. The van der Waals surface area contributed by atoms with Gasteiger partial charge in [0.05, 0.1) is 6.42 Å². The number of nitrogens with zero attached hydrogens (tertiary/aromatic N) is 3. The van der Waals surface area contributed by atoms with Crippen LogP contribution >= 0.6 is 0 Å². The summed E-state index contributed by atoms with van der Waals surface area (Å²) in [6.07, 6.45) is -0.383. The largest absolute Gasteiger partial charge is 0.480 e. The number of nitrogens with one attached hydrogen (secondary N) is 1. The molecule has 0 bridgehead atoms. The average molecular weight is 673 g/mol. The maximum absolute atomic E-state index is 13.9. The molecule has 6 rings (SSSR count). The van der Waals surface area contributed by atoms with E-state index >= 15 is 0 Å². The first-order valence-electron chi connectivity index (χ1n) is 15.6. The number of amides is 2. The van der Waals surface area contributed by atoms with Crippen LogP contribution in [0.2, 0.25) is 0 Å². The standard InChI is InChI=1S/C39H30F2N4O5/c1-24-2-6-26(7-3-24)27-10-12-29(13-11-27)38-43-37(44-50-38)28-8-4-25(5-9-28)22-45(23-36(47)48)39(49)30-14-17-33(18-15-30)42-35(46)21-31-20-32(40)16-19-34(31)41/h2-20H,21-23H2,1H3,(H,42,46)(H,47,48). The van der Waals surface area contributed by atoms with Crippen LogP contribution in [0, 0.1) is 18.6 Å². The van der Waals surface area contributed by atoms with Gasteiger partial charge < -0.3 is 19.8 Å². The summed E-state index contributed by atoms with van der Waals surface area (Å²) in [5.74, 6) is -2.91. The third-order valence-corrected chi connectivity index (χ3v) is 7.92. The number of benzene rings is 5. The maximum Gasteiger partial charge on any atom is 0.323 e. The molecule has 0 aliphatic heterocycles. The first-order valence-corrected chi connectivity index (χ1v) is 15.6. The summed E-state index contributed by atoms with van der Waals surface area (Å²) in [5.41, 5.74) is 5.92. The first-order chi connectivity index (χ1) is 24.1. The highest BCUT2D eigenvalue weighted by Crippen LogP contribution is 2.27. The van der Waals surface area contributed by atoms with Crippen molar-refractivity contribution in [1.29, 1.82) is 0 Å². The van der Waals surface area contributed by atoms with E-state index in [1.807, 2.05) is 31.2 Å². The number of carboxylic acid groups (broad SMARTS) is 1. The molecular weight excluding hydrogens is 642 g/mol. The van der Waals surface area contributed by atoms with Crippen LogP contribution in [0.15, 0.2) is 120 Å². The van der Waals surface area contributed by atoms with E-state index in [9.17, 15) is 28.3 Å². The monoisotopic (exact) mass is 672 g/mol. The van der Waals surface area contributed by atoms with Crippen molar-refractivity contribution >= 4 is 23.5 Å². The van der Waals surface area contributed by atoms with Gasteiger partial charge in [-0.3, -0.25) is 14.4 Å². The van der Waals surface area contributed by atoms with Crippen molar-refractivity contribution < 1.29 is 32.8 Å². The molecule has 0 atom stereocenters. The van der Waals surface area contributed by atoms with Crippen LogP contribution in [0.1, 0.15) is 27.0 Å². The number of aliphatic carboxylic acids is 1. The lowest BCUT2D eigenvalue weighted by molar-refractivity contribution is -0.137. The van der Waals surface area contributed by atoms with Gasteiger partial charge in [0.15, 0.2) is 0 Å². The Kier molecular flexibility index (Phi) is 9.85. The molecule has 0 radical (unpaired) electrons. The summed E-state index contributed by atoms with van der Waals surface area (Å²) in [7, 11) is 0. The Labute approximate surface area is 285 Å². The van der Waals surface area contributed by atoms with Crippen LogP contribution in [-0.4, -0.2) is 44.5 Å². The fraction of sp³-hybridized carbons (Fsp3) is 0.103. The Morgan fingerprint density at radius 2 is 1.40 bits per heavy atom. The summed E-state index contributed by atoms with van der Waals surface area (Å²) in [4.78, 5) is 43.1. The Morgan fingerprint density at radius 1 is 0.780 bits per heavy atom. The zero-order valence-corrected chi connectivity index (χ0v) is 26.8. The fourth-order valence-electron chi connectivity index (χ4n) is 5.29. The van der Waals surface area contributed by atoms with Gasteiger partial charge in [-0.2, -0.15) is 4.98 Å². The molecule has 1 aromatic heterocycles. The van der Waals surface area contributed by atoms with E-state index in [0.29, 0.717) is 28.5 Å². The molecule has 0 saturated carbocycles. The quantitative estimate of drug-likeness (QED) is 0.145. The second-order valence-electron chi connectivity index (χ2n) is 11.7. The SMILES string of the molecule is Cc1ccc(-c2ccc(-c3nc(-c4ccc(CN(CC(=O)O)C(=O)c5ccc(NC(=O)Cc6cc(F)ccc6F)cc5)cc4)no3)cc2)cc1. The van der Waals surface area contributed by atoms with Crippen molar-refractivity contribution in [2.75, 3.05) is 11.9 Å². The summed E-state index contributed by atoms with van der Waals surface area (Å²) in [5, 5.41) is 16.2. The topological polar surface area (TPSA) is 126 Å². The molecule has 2 amide bonds. The van der Waals surface area contributed by atoms with Crippen LogP contribution in [0.25, 0.3) is 34.0 Å². The summed E-state index contributed by atoms with van der Waals surface area (Å²) >= 11 is 0. The third kappa shape index (κ3) is 8.13. The molecule has 0 saturated heterocycles. The number of carboxylic acids is 1. The maximum atomic E-state index is 13.9. The van der Waals surface area contributed by atoms with Crippen LogP contribution in [0.4, 0.5) is 14.5 Å². The average Bonchev–Trinajstić information content (AvgIpc) is 3.61. The summed E-state index contributed by atoms with van der Waals surface area (Å²) < 4.78 is 32.9. The molecule has 0 aliphatic rings. The Bertz CT molecular complexity index is 2150. The number of anilines is 1. The number of hydrogen-bond donors (Lipinski definition) is 2. The molecule has 9 nitrogen and oxygen atoms in total. The smallest absolute Gasteiger partial charge is 0.323 e. The van der Waals surface area contributed by atoms with Gasteiger partial charge in [-0.25, -0.2) is 8.78 Å². The Balaban J connectivity index is 1.09. The van der Waals surface area contributed by atoms with Gasteiger partial charge in [-0.1, -0.05) is 71.4 Å². The predicted octanol–water partition coefficient (Wildman–Crippen LogP) is 7.57. The molecule has 250 valence electrons. The minimum Gasteiger partial charge on any atom is -0.480 e. The fourth-order valence-corrected chi connectivity index (χ4v) is 5.29. The number of carbonyl (C=O) groups is 3. The molecule has 6 aromatic rings. The van der Waals surface area contributed by atoms with Gasteiger partial charge in [-0.05, 0) is 78.2 Å². The molecule has 1 heterocycles. The number of rotatable bonds is 11. The molecule has 2 N–H and O–H groups in total. The highest BCUT2D eigenvalue weighted by atomic mass is 19.1. The molecule has 11 heteroatoms. The molecular formula is C39H30F2N4O5. The van der Waals surface area contributed by atoms with E-state index in [1.54, 1.807) is 24.3 Å². The lowest BCUT2D eigenvalue weighted by atomic mass is 10.0. The lowest BCUT2D eigenvalue weighted by Gasteiger charge is -2.21. The minimum atomic E-state index is -1.19. The van der Waals surface area contributed by atoms with E-state index < -0.39 is 36.0 Å². The zero-order chi connectivity index (χ0) is 35.2. The van der Waals surface area contributed by atoms with E-state index in [2.05, 4.69) is 39.7 Å². The van der Waals surface area contributed by atoms with Crippen molar-refractivity contribution in [3.63, 3.8) is 0 Å². The molecule has 0 aliphatic carbocycles. The second-order valence-corrected chi connectivity index (χ2v) is 11.7. The molecule has 0 unspecified atom stereocenters. The first kappa shape index (κ1) is 33.4. The van der Waals surface area contributed by atoms with Crippen molar-refractivity contribution in [2.45, 2.75) is 19.9 Å². The van der Waals surface area contributed by atoms with Crippen LogP contribution < -0.4 is 5.32 Å². The van der Waals surface area contributed by atoms with Crippen molar-refractivity contribution in [1.82, 2.24) is 15.0 Å². The summed E-state index contributed by atoms with van der Waals surface area (Å²) in [6, 6.07) is 31.9. The Hall–Kier alpha value is -6.49. The highest BCUT2D eigenvalue weighted by molar-refractivity contribution is 5.97. The van der Waals surface area contributed by atoms with E-state index in [1.165, 1.54) is 34.7 Å². The normalized spacial score (nSPS) is 10.9. The van der Waals surface area contributed by atoms with E-state index in [4.69, 9.17) is 4.52 Å². The lowest BCUT2D eigenvalue weighted by Crippen LogP contribution is -2.35. The number of carbonyl (C=O) groups excluding carboxylic acids is 2. The summed E-state index contributed by atoms with van der Waals surface area (Å²) in [6.45, 7) is 1.51. The van der Waals surface area contributed by atoms with E-state index in [-0.39, 0.29) is 24.1 Å². The molecule has 5 aromatic carbocycles. The number of hydrogen-bond acceptors (Lipinski definition) is 6. The van der Waals surface area contributed by atoms with Crippen LogP contribution in [-0.2, 0) is 22.6 Å². The molecule has 0 fully saturated rings. The number of aryl methyl sites for hydroxylation is 1. The van der Waals surface area contributed by atoms with Gasteiger partial charge in [0, 0.05) is 34.5 Å². The van der Waals surface area contributed by atoms with Gasteiger partial charge in [-0.15, -0.1) is 0 Å². The second kappa shape index (κ2) is 14.7. The Morgan fingerprint density at radius 3 is 2.06 bits per heavy atom. The van der Waals surface area contributed by atoms with Gasteiger partial charge in [0.1, 0.15) is 18.2 Å². The van der Waals surface area contributed by atoms with Crippen molar-refractivity contribution in [2.24, 2.45) is 0 Å². The van der Waals surface area contributed by atoms with Crippen molar-refractivity contribution in [3.8, 4) is 34.0 Å². The van der Waals surface area contributed by atoms with Gasteiger partial charge in [0.2, 0.25) is 11.7 Å². The minimum absolute atomic E-state index is 0.00786. The van der Waals surface area contributed by atoms with Crippen LogP contribution in [0.5, 0.6) is 0 Å². The molecule has 0 spiro atoms. The van der Waals surface area contributed by atoms with Gasteiger partial charge >= 0.3 is 5.97 Å². The third-order valence-electron chi connectivity index (χ3n) is 7.92. The van der Waals surface area contributed by atoms with Crippen LogP contribution in [0.3, 0.4) is 0 Å². The number of halogens is 2. The molecule has 50 heavy (non-hydrogen) atoms. The highest BCUT2D eigenvalue weighted by Gasteiger charge is 2.20. The number of aromatic nitrogens is 2. The van der Waals surface area contributed by atoms with E-state index in [0.717, 1.165) is 34.9 Å². The van der Waals surface area contributed by atoms with Crippen molar-refractivity contribution in [3.05, 3.63) is 149 Å².